The van der Waals surface area contributed by atoms with Crippen LogP contribution in [0.2, 0.25) is 0 Å². The van der Waals surface area contributed by atoms with E-state index in [1.807, 2.05) is 13.2 Å². The number of guanidine groups is 1. The number of aromatic nitrogens is 1. The molecular weight excluding hydrogens is 481 g/mol. The number of aryl methyl sites for hydroxylation is 1. The van der Waals surface area contributed by atoms with Crippen molar-refractivity contribution in [3.8, 4) is 0 Å². The first-order chi connectivity index (χ1) is 13.2. The first kappa shape index (κ1) is 22.8. The summed E-state index contributed by atoms with van der Waals surface area (Å²) in [6.07, 6.45) is 7.35. The lowest BCUT2D eigenvalue weighted by Crippen LogP contribution is -2.52. The van der Waals surface area contributed by atoms with Crippen molar-refractivity contribution in [2.45, 2.75) is 13.3 Å². The van der Waals surface area contributed by atoms with Crippen molar-refractivity contribution in [2.24, 2.45) is 4.99 Å². The van der Waals surface area contributed by atoms with Gasteiger partial charge in [-0.3, -0.25) is 9.89 Å². The summed E-state index contributed by atoms with van der Waals surface area (Å²) in [6, 6.07) is 10.5. The zero-order valence-corrected chi connectivity index (χ0v) is 19.8. The second-order valence-electron chi connectivity index (χ2n) is 6.69. The standard InChI is InChI=1S/C21H29N5S.HI/c1-18-17-24-20(27-18)10-11-23-21(22-2)26-15-13-25(14-16-26)12-6-9-19-7-4-3-5-8-19;/h3-9,17H,10-16H2,1-2H3,(H,22,23);1H/b9-6+;. The summed E-state index contributed by atoms with van der Waals surface area (Å²) in [5, 5.41) is 4.67. The first-order valence-electron chi connectivity index (χ1n) is 9.55. The van der Waals surface area contributed by atoms with Crippen molar-refractivity contribution in [1.82, 2.24) is 20.1 Å². The molecule has 1 aromatic carbocycles. The van der Waals surface area contributed by atoms with E-state index in [1.165, 1.54) is 15.4 Å². The lowest BCUT2D eigenvalue weighted by atomic mass is 10.2. The molecular formula is C21H30IN5S. The molecule has 0 atom stereocenters. The van der Waals surface area contributed by atoms with Gasteiger partial charge < -0.3 is 10.2 Å². The van der Waals surface area contributed by atoms with Crippen LogP contribution in [0.4, 0.5) is 0 Å². The van der Waals surface area contributed by atoms with E-state index in [2.05, 4.69) is 74.5 Å². The van der Waals surface area contributed by atoms with Crippen LogP contribution in [0.15, 0.2) is 47.6 Å². The summed E-state index contributed by atoms with van der Waals surface area (Å²) >= 11 is 1.77. The maximum atomic E-state index is 4.46. The van der Waals surface area contributed by atoms with Crippen molar-refractivity contribution in [3.05, 3.63) is 58.1 Å². The fourth-order valence-electron chi connectivity index (χ4n) is 3.17. The summed E-state index contributed by atoms with van der Waals surface area (Å²) in [5.41, 5.74) is 1.26. The monoisotopic (exact) mass is 511 g/mol. The third kappa shape index (κ3) is 7.18. The molecule has 0 saturated carbocycles. The second kappa shape index (κ2) is 12.2. The molecule has 0 amide bonds. The van der Waals surface area contributed by atoms with E-state index in [0.717, 1.165) is 51.6 Å². The SMILES string of the molecule is CN=C(NCCc1ncc(C)s1)N1CCN(C/C=C/c2ccccc2)CC1.I. The Balaban J connectivity index is 0.00000280. The van der Waals surface area contributed by atoms with Crippen LogP contribution in [0, 0.1) is 6.92 Å². The molecule has 2 heterocycles. The van der Waals surface area contributed by atoms with Crippen LogP contribution in [0.5, 0.6) is 0 Å². The van der Waals surface area contributed by atoms with Gasteiger partial charge >= 0.3 is 0 Å². The van der Waals surface area contributed by atoms with Gasteiger partial charge in [0.25, 0.3) is 0 Å². The molecule has 0 radical (unpaired) electrons. The number of rotatable bonds is 6. The van der Waals surface area contributed by atoms with Gasteiger partial charge in [0.05, 0.1) is 5.01 Å². The molecule has 1 fully saturated rings. The summed E-state index contributed by atoms with van der Waals surface area (Å²) in [7, 11) is 1.87. The summed E-state index contributed by atoms with van der Waals surface area (Å²) < 4.78 is 0. The Morgan fingerprint density at radius 3 is 2.61 bits per heavy atom. The van der Waals surface area contributed by atoms with E-state index < -0.39 is 0 Å². The third-order valence-corrected chi connectivity index (χ3v) is 5.62. The number of aliphatic imine (C=N–C) groups is 1. The van der Waals surface area contributed by atoms with E-state index in [1.54, 1.807) is 11.3 Å². The van der Waals surface area contributed by atoms with Gasteiger partial charge in [-0.25, -0.2) is 4.98 Å². The average molecular weight is 511 g/mol. The van der Waals surface area contributed by atoms with Gasteiger partial charge in [0.15, 0.2) is 5.96 Å². The largest absolute Gasteiger partial charge is 0.356 e. The molecule has 0 aliphatic carbocycles. The van der Waals surface area contributed by atoms with Gasteiger partial charge in [-0.05, 0) is 12.5 Å². The lowest BCUT2D eigenvalue weighted by Gasteiger charge is -2.36. The van der Waals surface area contributed by atoms with Crippen LogP contribution in [-0.2, 0) is 6.42 Å². The van der Waals surface area contributed by atoms with E-state index >= 15 is 0 Å². The van der Waals surface area contributed by atoms with Crippen LogP contribution in [0.3, 0.4) is 0 Å². The summed E-state index contributed by atoms with van der Waals surface area (Å²) in [6.45, 7) is 8.11. The predicted molar refractivity (Wildman–Crippen MR) is 131 cm³/mol. The maximum absolute atomic E-state index is 4.46. The Bertz CT molecular complexity index is 751. The number of nitrogens with one attached hydrogen (secondary N) is 1. The highest BCUT2D eigenvalue weighted by Gasteiger charge is 2.18. The van der Waals surface area contributed by atoms with Crippen LogP contribution < -0.4 is 5.32 Å². The number of hydrogen-bond acceptors (Lipinski definition) is 4. The molecule has 3 rings (SSSR count). The van der Waals surface area contributed by atoms with Gasteiger partial charge in [0, 0.05) is 63.8 Å². The van der Waals surface area contributed by atoms with Gasteiger partial charge in [-0.2, -0.15) is 0 Å². The zero-order valence-electron chi connectivity index (χ0n) is 16.7. The Kier molecular flexibility index (Phi) is 9.94. The van der Waals surface area contributed by atoms with E-state index in [-0.39, 0.29) is 24.0 Å². The molecule has 5 nitrogen and oxygen atoms in total. The fraction of sp³-hybridized carbons (Fsp3) is 0.429. The molecule has 0 spiro atoms. The number of thiazole rings is 1. The van der Waals surface area contributed by atoms with Crippen molar-refractivity contribution in [3.63, 3.8) is 0 Å². The minimum atomic E-state index is 0. The summed E-state index contributed by atoms with van der Waals surface area (Å²) in [5.74, 6) is 1.00. The fourth-order valence-corrected chi connectivity index (χ4v) is 3.96. The molecule has 7 heteroatoms. The minimum Gasteiger partial charge on any atom is -0.356 e. The van der Waals surface area contributed by atoms with Crippen LogP contribution in [0.25, 0.3) is 6.08 Å². The highest BCUT2D eigenvalue weighted by molar-refractivity contribution is 14.0. The van der Waals surface area contributed by atoms with Crippen LogP contribution >= 0.6 is 35.3 Å². The number of halogens is 1. The van der Waals surface area contributed by atoms with E-state index in [9.17, 15) is 0 Å². The van der Waals surface area contributed by atoms with E-state index in [0.29, 0.717) is 0 Å². The van der Waals surface area contributed by atoms with Gasteiger partial charge in [-0.1, -0.05) is 42.5 Å². The Morgan fingerprint density at radius 2 is 1.96 bits per heavy atom. The summed E-state index contributed by atoms with van der Waals surface area (Å²) in [4.78, 5) is 15.0. The first-order valence-corrected chi connectivity index (χ1v) is 10.4. The second-order valence-corrected chi connectivity index (χ2v) is 8.01. The molecule has 0 unspecified atom stereocenters. The van der Waals surface area contributed by atoms with Gasteiger partial charge in [0.2, 0.25) is 0 Å². The van der Waals surface area contributed by atoms with Gasteiger partial charge in [-0.15, -0.1) is 35.3 Å². The van der Waals surface area contributed by atoms with Crippen molar-refractivity contribution < 1.29 is 0 Å². The minimum absolute atomic E-state index is 0. The average Bonchev–Trinajstić information content (AvgIpc) is 3.12. The predicted octanol–water partition coefficient (Wildman–Crippen LogP) is 3.52. The maximum Gasteiger partial charge on any atom is 0.193 e. The molecule has 152 valence electrons. The molecule has 28 heavy (non-hydrogen) atoms. The van der Waals surface area contributed by atoms with E-state index in [4.69, 9.17) is 0 Å². The molecule has 1 aromatic heterocycles. The number of hydrogen-bond donors (Lipinski definition) is 1. The molecule has 2 aromatic rings. The van der Waals surface area contributed by atoms with Crippen molar-refractivity contribution in [1.29, 1.82) is 0 Å². The van der Waals surface area contributed by atoms with Crippen molar-refractivity contribution >= 4 is 47.3 Å². The quantitative estimate of drug-likeness (QED) is 0.366. The number of nitrogens with zero attached hydrogens (tertiary/aromatic N) is 4. The Morgan fingerprint density at radius 1 is 1.21 bits per heavy atom. The highest BCUT2D eigenvalue weighted by Crippen LogP contribution is 2.11. The number of benzene rings is 1. The lowest BCUT2D eigenvalue weighted by molar-refractivity contribution is 0.194. The topological polar surface area (TPSA) is 43.8 Å². The molecule has 0 bridgehead atoms. The smallest absolute Gasteiger partial charge is 0.193 e. The molecule has 1 aliphatic rings. The van der Waals surface area contributed by atoms with Crippen molar-refractivity contribution in [2.75, 3.05) is 46.3 Å². The number of piperazine rings is 1. The van der Waals surface area contributed by atoms with Gasteiger partial charge in [0.1, 0.15) is 0 Å². The third-order valence-electron chi connectivity index (χ3n) is 4.65. The Labute approximate surface area is 189 Å². The highest BCUT2D eigenvalue weighted by atomic mass is 127. The molecule has 1 aliphatic heterocycles. The molecule has 1 N–H and O–H groups in total. The molecule has 1 saturated heterocycles. The van der Waals surface area contributed by atoms with Crippen LogP contribution in [0.1, 0.15) is 15.4 Å². The normalized spacial score (nSPS) is 15.6. The Hall–Kier alpha value is -1.45. The zero-order chi connectivity index (χ0) is 18.9. The van der Waals surface area contributed by atoms with Crippen LogP contribution in [-0.4, -0.2) is 67.1 Å².